The van der Waals surface area contributed by atoms with Gasteiger partial charge in [0.25, 0.3) is 0 Å². The van der Waals surface area contributed by atoms with E-state index in [2.05, 4.69) is 15.3 Å². The summed E-state index contributed by atoms with van der Waals surface area (Å²) in [6, 6.07) is 5.01. The van der Waals surface area contributed by atoms with E-state index in [1.54, 1.807) is 18.2 Å². The number of carbonyl (C=O) groups is 1. The number of hydrogen-bond donors (Lipinski definition) is 3. The van der Waals surface area contributed by atoms with Gasteiger partial charge < -0.3 is 15.1 Å². The van der Waals surface area contributed by atoms with Gasteiger partial charge in [0.2, 0.25) is 17.9 Å². The maximum Gasteiger partial charge on any atom is 0.461 e. The number of carbonyl (C=O) groups excluding carboxylic acids is 1. The Bertz CT molecular complexity index is 772. The summed E-state index contributed by atoms with van der Waals surface area (Å²) in [4.78, 5) is 19.3. The number of aromatic nitrogens is 2. The van der Waals surface area contributed by atoms with Gasteiger partial charge in [-0.2, -0.15) is 13.2 Å². The number of nitrogens with zero attached hydrogens (tertiary/aromatic N) is 3. The van der Waals surface area contributed by atoms with E-state index in [1.807, 2.05) is 5.32 Å². The third kappa shape index (κ3) is 5.79. The first-order valence-electron chi connectivity index (χ1n) is 7.08. The number of alkyl halides is 3. The first-order chi connectivity index (χ1) is 11.7. The molecule has 2 heterocycles. The number of hydrogen-bond acceptors (Lipinski definition) is 5. The lowest BCUT2D eigenvalue weighted by atomic mass is 10.2. The molecule has 2 rings (SSSR count). The molecular weight excluding hydrogens is 341 g/mol. The molecule has 4 N–H and O–H groups in total. The Morgan fingerprint density at radius 1 is 1.36 bits per heavy atom. The summed E-state index contributed by atoms with van der Waals surface area (Å²) in [5, 5.41) is 4.62. The lowest BCUT2D eigenvalue weighted by molar-refractivity contribution is -0.468. The van der Waals surface area contributed by atoms with Crippen LogP contribution in [0.1, 0.15) is 12.6 Å². The van der Waals surface area contributed by atoms with Crippen LogP contribution in [0.3, 0.4) is 0 Å². The van der Waals surface area contributed by atoms with Crippen molar-refractivity contribution in [3.8, 4) is 11.4 Å². The van der Waals surface area contributed by atoms with Gasteiger partial charge in [-0.1, -0.05) is 11.1 Å². The Labute approximate surface area is 140 Å². The lowest BCUT2D eigenvalue weighted by Crippen LogP contribution is -2.32. The fraction of sp³-hybridized carbons (Fsp3) is 0.286. The SMILES string of the molecule is CC(=O)NCc1cccc(-c2coc([N+](N)=CNCC(F)(F)F)n2)n1. The van der Waals surface area contributed by atoms with Crippen molar-refractivity contribution in [3.05, 3.63) is 30.2 Å². The van der Waals surface area contributed by atoms with Gasteiger partial charge in [0.1, 0.15) is 12.0 Å². The third-order valence-corrected chi connectivity index (χ3v) is 2.83. The highest BCUT2D eigenvalue weighted by Gasteiger charge is 2.28. The molecule has 0 fully saturated rings. The van der Waals surface area contributed by atoms with Gasteiger partial charge in [0.05, 0.1) is 12.2 Å². The Kier molecular flexibility index (Phi) is 5.57. The second-order valence-corrected chi connectivity index (χ2v) is 4.97. The van der Waals surface area contributed by atoms with Crippen LogP contribution in [0.15, 0.2) is 28.9 Å². The Morgan fingerprint density at radius 3 is 2.80 bits per heavy atom. The molecule has 0 aromatic carbocycles. The largest absolute Gasteiger partial charge is 0.461 e. The van der Waals surface area contributed by atoms with Crippen molar-refractivity contribution >= 4 is 18.3 Å². The number of amides is 1. The molecule has 0 aliphatic rings. The highest BCUT2D eigenvalue weighted by Crippen LogP contribution is 2.19. The Balaban J connectivity index is 2.09. The molecule has 0 radical (unpaired) electrons. The molecule has 134 valence electrons. The molecule has 2 aromatic rings. The zero-order valence-electron chi connectivity index (χ0n) is 13.2. The predicted molar refractivity (Wildman–Crippen MR) is 81.5 cm³/mol. The van der Waals surface area contributed by atoms with E-state index < -0.39 is 12.7 Å². The number of hydrazone groups is 1. The number of rotatable bonds is 6. The number of hydrazine groups is 1. The average molecular weight is 357 g/mol. The van der Waals surface area contributed by atoms with Crippen LogP contribution in [0.25, 0.3) is 11.4 Å². The molecule has 11 heteroatoms. The molecule has 1 amide bonds. The molecule has 8 nitrogen and oxygen atoms in total. The monoisotopic (exact) mass is 357 g/mol. The zero-order chi connectivity index (χ0) is 18.4. The number of oxazole rings is 1. The van der Waals surface area contributed by atoms with Crippen LogP contribution >= 0.6 is 0 Å². The van der Waals surface area contributed by atoms with Crippen LogP contribution < -0.4 is 16.5 Å². The van der Waals surface area contributed by atoms with Crippen molar-refractivity contribution in [1.29, 1.82) is 0 Å². The third-order valence-electron chi connectivity index (χ3n) is 2.83. The normalized spacial score (nSPS) is 12.1. The van der Waals surface area contributed by atoms with Gasteiger partial charge in [-0.05, 0) is 12.1 Å². The van der Waals surface area contributed by atoms with Gasteiger partial charge in [-0.3, -0.25) is 10.6 Å². The maximum absolute atomic E-state index is 12.1. The first kappa shape index (κ1) is 18.2. The van der Waals surface area contributed by atoms with Crippen LogP contribution in [0.5, 0.6) is 0 Å². The molecular formula is C14H16F3N6O2+. The molecule has 25 heavy (non-hydrogen) atoms. The maximum atomic E-state index is 12.1. The summed E-state index contributed by atoms with van der Waals surface area (Å²) in [6.45, 7) is 0.417. The summed E-state index contributed by atoms with van der Waals surface area (Å²) < 4.78 is 42.1. The van der Waals surface area contributed by atoms with Crippen LogP contribution in [0, 0.1) is 0 Å². The molecule has 2 aromatic heterocycles. The molecule has 0 aliphatic carbocycles. The molecule has 0 saturated carbocycles. The van der Waals surface area contributed by atoms with E-state index >= 15 is 0 Å². The second kappa shape index (κ2) is 7.64. The molecule has 0 spiro atoms. The molecule has 0 aliphatic heterocycles. The summed E-state index contributed by atoms with van der Waals surface area (Å²) in [5.41, 5.74) is 1.43. The molecule has 0 bridgehead atoms. The van der Waals surface area contributed by atoms with Gasteiger partial charge in [0, 0.05) is 6.92 Å². The van der Waals surface area contributed by atoms with E-state index in [0.717, 1.165) is 11.0 Å². The molecule has 0 saturated heterocycles. The lowest BCUT2D eigenvalue weighted by Gasteiger charge is -2.02. The van der Waals surface area contributed by atoms with Crippen molar-refractivity contribution in [2.24, 2.45) is 5.84 Å². The minimum atomic E-state index is -4.36. The van der Waals surface area contributed by atoms with Crippen LogP contribution in [0.2, 0.25) is 0 Å². The minimum Gasteiger partial charge on any atom is -0.404 e. The summed E-state index contributed by atoms with van der Waals surface area (Å²) in [7, 11) is 0. The van der Waals surface area contributed by atoms with Gasteiger partial charge in [0.15, 0.2) is 6.54 Å². The summed E-state index contributed by atoms with van der Waals surface area (Å²) >= 11 is 0. The van der Waals surface area contributed by atoms with Gasteiger partial charge in [-0.25, -0.2) is 4.98 Å². The van der Waals surface area contributed by atoms with Crippen molar-refractivity contribution < 1.29 is 27.1 Å². The number of nitrogens with one attached hydrogen (secondary N) is 2. The summed E-state index contributed by atoms with van der Waals surface area (Å²) in [5.74, 6) is 5.37. The highest BCUT2D eigenvalue weighted by atomic mass is 19.4. The van der Waals surface area contributed by atoms with Crippen LogP contribution in [-0.2, 0) is 11.3 Å². The van der Waals surface area contributed by atoms with Crippen LogP contribution in [0.4, 0.5) is 19.2 Å². The molecule has 0 unspecified atom stereocenters. The van der Waals surface area contributed by atoms with E-state index in [1.165, 1.54) is 13.2 Å². The number of nitrogens with two attached hydrogens (primary N) is 1. The van der Waals surface area contributed by atoms with Crippen LogP contribution in [-0.4, -0.2) is 39.6 Å². The van der Waals surface area contributed by atoms with E-state index in [-0.39, 0.29) is 18.5 Å². The second-order valence-electron chi connectivity index (χ2n) is 4.97. The quantitative estimate of drug-likeness (QED) is 0.235. The number of pyridine rings is 1. The Hall–Kier alpha value is -3.11. The highest BCUT2D eigenvalue weighted by molar-refractivity contribution is 5.72. The van der Waals surface area contributed by atoms with Gasteiger partial charge >= 0.3 is 12.2 Å². The standard InChI is InChI=1S/C14H15F3N6O2/c1-9(24)20-5-10-3-2-4-11(21-10)12-6-25-13(22-12)23(18)8-19-7-14(15,16)17/h2-4,6,8H,5,7,18H2,1H3,(H,20,24)/p+1. The topological polar surface area (TPSA) is 109 Å². The van der Waals surface area contributed by atoms with Crippen molar-refractivity contribution in [2.45, 2.75) is 19.6 Å². The van der Waals surface area contributed by atoms with E-state index in [4.69, 9.17) is 10.3 Å². The zero-order valence-corrected chi connectivity index (χ0v) is 13.2. The first-order valence-corrected chi connectivity index (χ1v) is 7.08. The molecule has 0 atom stereocenters. The van der Waals surface area contributed by atoms with E-state index in [9.17, 15) is 18.0 Å². The van der Waals surface area contributed by atoms with Crippen molar-refractivity contribution in [1.82, 2.24) is 20.6 Å². The minimum absolute atomic E-state index is 0.112. The fourth-order valence-corrected chi connectivity index (χ4v) is 1.75. The Morgan fingerprint density at radius 2 is 2.12 bits per heavy atom. The van der Waals surface area contributed by atoms with E-state index in [0.29, 0.717) is 17.1 Å². The van der Waals surface area contributed by atoms with Crippen molar-refractivity contribution in [2.75, 3.05) is 6.54 Å². The van der Waals surface area contributed by atoms with Crippen molar-refractivity contribution in [3.63, 3.8) is 0 Å². The summed E-state index contributed by atoms with van der Waals surface area (Å²) in [6.07, 6.45) is -2.20. The number of halogens is 3. The predicted octanol–water partition coefficient (Wildman–Crippen LogP) is 1.07. The fourth-order valence-electron chi connectivity index (χ4n) is 1.75. The smallest absolute Gasteiger partial charge is 0.404 e. The van der Waals surface area contributed by atoms with Gasteiger partial charge in [-0.15, -0.1) is 4.68 Å². The average Bonchev–Trinajstić information content (AvgIpc) is 3.02.